The van der Waals surface area contributed by atoms with Gasteiger partial charge in [-0.25, -0.2) is 4.79 Å². The molecule has 0 bridgehead atoms. The number of aromatic nitrogens is 1. The van der Waals surface area contributed by atoms with Gasteiger partial charge in [0.1, 0.15) is 6.04 Å². The molecule has 0 radical (unpaired) electrons. The monoisotopic (exact) mass is 316 g/mol. The SMILES string of the molecule is C[C@@H]1CCCN(C(=O)N[C@@H]2CCCN(c3cccnc3)C2=O)C1. The normalized spacial score (nSPS) is 25.3. The van der Waals surface area contributed by atoms with Crippen molar-refractivity contribution in [1.82, 2.24) is 15.2 Å². The summed E-state index contributed by atoms with van der Waals surface area (Å²) in [4.78, 5) is 32.7. The first-order valence-corrected chi connectivity index (χ1v) is 8.42. The van der Waals surface area contributed by atoms with Crippen LogP contribution < -0.4 is 10.2 Å². The Morgan fingerprint density at radius 3 is 2.87 bits per heavy atom. The lowest BCUT2D eigenvalue weighted by Gasteiger charge is -2.35. The second-order valence-corrected chi connectivity index (χ2v) is 6.54. The number of piperidine rings is 2. The largest absolute Gasteiger partial charge is 0.326 e. The van der Waals surface area contributed by atoms with Gasteiger partial charge >= 0.3 is 6.03 Å². The fraction of sp³-hybridized carbons (Fsp3) is 0.588. The number of pyridine rings is 1. The quantitative estimate of drug-likeness (QED) is 0.908. The molecule has 0 unspecified atom stereocenters. The molecule has 1 aromatic heterocycles. The molecule has 2 saturated heterocycles. The zero-order chi connectivity index (χ0) is 16.2. The fourth-order valence-corrected chi connectivity index (χ4v) is 3.39. The standard InChI is InChI=1S/C17H24N4O2/c1-13-5-3-9-20(12-13)17(23)19-15-7-4-10-21(16(15)22)14-6-2-8-18-11-14/h2,6,8,11,13,15H,3-5,7,9-10,12H2,1H3,(H,19,23)/t13-,15-/m1/s1. The molecule has 1 aromatic rings. The molecule has 23 heavy (non-hydrogen) atoms. The molecule has 3 heterocycles. The molecular weight excluding hydrogens is 292 g/mol. The Hall–Kier alpha value is -2.11. The maximum Gasteiger partial charge on any atom is 0.318 e. The molecule has 0 saturated carbocycles. The first-order valence-electron chi connectivity index (χ1n) is 8.42. The molecule has 0 aromatic carbocycles. The van der Waals surface area contributed by atoms with Gasteiger partial charge in [0.2, 0.25) is 5.91 Å². The van der Waals surface area contributed by atoms with Gasteiger partial charge in [0.15, 0.2) is 0 Å². The van der Waals surface area contributed by atoms with Crippen LogP contribution >= 0.6 is 0 Å². The lowest BCUT2D eigenvalue weighted by atomic mass is 10.0. The van der Waals surface area contributed by atoms with Crippen molar-refractivity contribution in [1.29, 1.82) is 0 Å². The van der Waals surface area contributed by atoms with Crippen molar-refractivity contribution in [2.75, 3.05) is 24.5 Å². The maximum atomic E-state index is 12.7. The molecule has 2 atom stereocenters. The smallest absolute Gasteiger partial charge is 0.318 e. The number of nitrogens with one attached hydrogen (secondary N) is 1. The molecule has 3 amide bonds. The number of hydrogen-bond donors (Lipinski definition) is 1. The molecule has 2 aliphatic rings. The number of carbonyl (C=O) groups excluding carboxylic acids is 2. The van der Waals surface area contributed by atoms with E-state index >= 15 is 0 Å². The first kappa shape index (κ1) is 15.8. The van der Waals surface area contributed by atoms with Crippen LogP contribution in [0, 0.1) is 5.92 Å². The van der Waals surface area contributed by atoms with E-state index in [1.165, 1.54) is 6.42 Å². The van der Waals surface area contributed by atoms with Crippen molar-refractivity contribution in [2.45, 2.75) is 38.6 Å². The number of anilines is 1. The van der Waals surface area contributed by atoms with E-state index in [0.29, 0.717) is 18.9 Å². The Morgan fingerprint density at radius 1 is 1.30 bits per heavy atom. The number of urea groups is 1. The molecule has 0 spiro atoms. The van der Waals surface area contributed by atoms with Gasteiger partial charge in [0.05, 0.1) is 11.9 Å². The van der Waals surface area contributed by atoms with Crippen LogP contribution in [0.25, 0.3) is 0 Å². The predicted molar refractivity (Wildman–Crippen MR) is 88.1 cm³/mol. The van der Waals surface area contributed by atoms with Gasteiger partial charge in [0, 0.05) is 25.8 Å². The molecule has 2 fully saturated rings. The lowest BCUT2D eigenvalue weighted by molar-refractivity contribution is -0.121. The minimum absolute atomic E-state index is 0.0392. The average molecular weight is 316 g/mol. The van der Waals surface area contributed by atoms with E-state index in [9.17, 15) is 9.59 Å². The van der Waals surface area contributed by atoms with Crippen molar-refractivity contribution in [3.05, 3.63) is 24.5 Å². The zero-order valence-corrected chi connectivity index (χ0v) is 13.6. The van der Waals surface area contributed by atoms with Gasteiger partial charge in [-0.05, 0) is 43.7 Å². The van der Waals surface area contributed by atoms with Crippen LogP contribution in [-0.2, 0) is 4.79 Å². The Bertz CT molecular complexity index is 563. The fourth-order valence-electron chi connectivity index (χ4n) is 3.39. The second kappa shape index (κ2) is 6.98. The third kappa shape index (κ3) is 3.63. The van der Waals surface area contributed by atoms with Crippen LogP contribution in [0.3, 0.4) is 0 Å². The van der Waals surface area contributed by atoms with E-state index in [2.05, 4.69) is 17.2 Å². The highest BCUT2D eigenvalue weighted by molar-refractivity contribution is 5.99. The van der Waals surface area contributed by atoms with E-state index in [4.69, 9.17) is 0 Å². The summed E-state index contributed by atoms with van der Waals surface area (Å²) in [5.41, 5.74) is 0.794. The Labute approximate surface area is 136 Å². The first-order chi connectivity index (χ1) is 11.1. The number of likely N-dealkylation sites (tertiary alicyclic amines) is 1. The average Bonchev–Trinajstić information content (AvgIpc) is 2.57. The summed E-state index contributed by atoms with van der Waals surface area (Å²) < 4.78 is 0. The van der Waals surface area contributed by atoms with Gasteiger partial charge in [-0.15, -0.1) is 0 Å². The van der Waals surface area contributed by atoms with E-state index < -0.39 is 6.04 Å². The maximum absolute atomic E-state index is 12.7. The summed E-state index contributed by atoms with van der Waals surface area (Å²) in [6.07, 6.45) is 7.16. The highest BCUT2D eigenvalue weighted by atomic mass is 16.2. The highest BCUT2D eigenvalue weighted by Crippen LogP contribution is 2.21. The van der Waals surface area contributed by atoms with Crippen LogP contribution in [0.2, 0.25) is 0 Å². The molecule has 0 aliphatic carbocycles. The molecule has 124 valence electrons. The van der Waals surface area contributed by atoms with E-state index in [0.717, 1.165) is 31.6 Å². The van der Waals surface area contributed by atoms with Gasteiger partial charge in [0.25, 0.3) is 0 Å². The van der Waals surface area contributed by atoms with Crippen molar-refractivity contribution in [3.8, 4) is 0 Å². The number of amides is 3. The summed E-state index contributed by atoms with van der Waals surface area (Å²) in [5, 5.41) is 2.93. The predicted octanol–water partition coefficient (Wildman–Crippen LogP) is 2.02. The summed E-state index contributed by atoms with van der Waals surface area (Å²) in [6.45, 7) is 4.40. The van der Waals surface area contributed by atoms with Crippen LogP contribution in [0.4, 0.5) is 10.5 Å². The summed E-state index contributed by atoms with van der Waals surface area (Å²) in [6, 6.07) is 3.15. The number of rotatable bonds is 2. The van der Waals surface area contributed by atoms with Gasteiger partial charge in [-0.2, -0.15) is 0 Å². The number of hydrogen-bond acceptors (Lipinski definition) is 3. The number of carbonyl (C=O) groups is 2. The van der Waals surface area contributed by atoms with E-state index in [1.54, 1.807) is 17.3 Å². The topological polar surface area (TPSA) is 65.5 Å². The summed E-state index contributed by atoms with van der Waals surface area (Å²) in [7, 11) is 0. The van der Waals surface area contributed by atoms with Gasteiger partial charge in [-0.3, -0.25) is 9.78 Å². The molecule has 6 nitrogen and oxygen atoms in total. The number of nitrogens with zero attached hydrogens (tertiary/aromatic N) is 3. The van der Waals surface area contributed by atoms with E-state index in [-0.39, 0.29) is 11.9 Å². The minimum atomic E-state index is -0.436. The molecular formula is C17H24N4O2. The molecule has 3 rings (SSSR count). The third-order valence-corrected chi connectivity index (χ3v) is 4.64. The van der Waals surface area contributed by atoms with Crippen molar-refractivity contribution in [2.24, 2.45) is 5.92 Å². The summed E-state index contributed by atoms with van der Waals surface area (Å²) >= 11 is 0. The lowest BCUT2D eigenvalue weighted by Crippen LogP contribution is -2.56. The van der Waals surface area contributed by atoms with Crippen LogP contribution in [0.1, 0.15) is 32.6 Å². The highest BCUT2D eigenvalue weighted by Gasteiger charge is 2.32. The third-order valence-electron chi connectivity index (χ3n) is 4.64. The molecule has 2 aliphatic heterocycles. The van der Waals surface area contributed by atoms with Crippen LogP contribution in [-0.4, -0.2) is 47.5 Å². The Morgan fingerprint density at radius 2 is 2.13 bits per heavy atom. The summed E-state index contributed by atoms with van der Waals surface area (Å²) in [5.74, 6) is 0.492. The van der Waals surface area contributed by atoms with E-state index in [1.807, 2.05) is 17.0 Å². The molecule has 1 N–H and O–H groups in total. The van der Waals surface area contributed by atoms with Crippen molar-refractivity contribution in [3.63, 3.8) is 0 Å². The van der Waals surface area contributed by atoms with Crippen molar-refractivity contribution >= 4 is 17.6 Å². The van der Waals surface area contributed by atoms with Gasteiger partial charge < -0.3 is 15.1 Å². The van der Waals surface area contributed by atoms with Crippen molar-refractivity contribution < 1.29 is 9.59 Å². The van der Waals surface area contributed by atoms with Crippen LogP contribution in [0.15, 0.2) is 24.5 Å². The Balaban J connectivity index is 1.63. The zero-order valence-electron chi connectivity index (χ0n) is 13.6. The Kier molecular flexibility index (Phi) is 4.79. The van der Waals surface area contributed by atoms with Crippen LogP contribution in [0.5, 0.6) is 0 Å². The van der Waals surface area contributed by atoms with Gasteiger partial charge in [-0.1, -0.05) is 6.92 Å². The minimum Gasteiger partial charge on any atom is -0.326 e. The molecule has 6 heteroatoms. The second-order valence-electron chi connectivity index (χ2n) is 6.54.